The number of hydrogen-bond donors (Lipinski definition) is 2. The highest BCUT2D eigenvalue weighted by molar-refractivity contribution is 6.01. The number of carbonyl (C=O) groups excluding carboxylic acids is 1. The zero-order valence-electron chi connectivity index (χ0n) is 24.3. The largest absolute Gasteiger partial charge is 0.493 e. The summed E-state index contributed by atoms with van der Waals surface area (Å²) in [4.78, 5) is 22.3. The Balaban J connectivity index is 1.37. The topological polar surface area (TPSA) is 99.5 Å². The number of carbonyl (C=O) groups is 1. The standard InChI is InChI=1S/C32H32FN5O4/c1-32(2,3)30-36-28(19-10-8-7-9-11-19)29(38(30)4)37-31(39)35-23-13-12-20(16-22(23)33)42-25-14-15-34-24-18-27(41-6)26(40-5)17-21(24)25/h7-18H,1-6H3,(H2,35,37,39). The van der Waals surface area contributed by atoms with Crippen molar-refractivity contribution in [1.29, 1.82) is 0 Å². The van der Waals surface area contributed by atoms with Crippen molar-refractivity contribution in [3.63, 3.8) is 0 Å². The van der Waals surface area contributed by atoms with E-state index < -0.39 is 11.8 Å². The van der Waals surface area contributed by atoms with Gasteiger partial charge in [-0.05, 0) is 24.3 Å². The fraction of sp³-hybridized carbons (Fsp3) is 0.219. The fourth-order valence-corrected chi connectivity index (χ4v) is 4.69. The van der Waals surface area contributed by atoms with Crippen LogP contribution < -0.4 is 24.8 Å². The van der Waals surface area contributed by atoms with Crippen molar-refractivity contribution in [2.24, 2.45) is 7.05 Å². The lowest BCUT2D eigenvalue weighted by Crippen LogP contribution is -2.23. The van der Waals surface area contributed by atoms with Crippen molar-refractivity contribution >= 4 is 28.4 Å². The molecule has 0 aliphatic heterocycles. The van der Waals surface area contributed by atoms with Gasteiger partial charge in [0.2, 0.25) is 0 Å². The normalized spacial score (nSPS) is 11.3. The van der Waals surface area contributed by atoms with E-state index in [-0.39, 0.29) is 16.9 Å². The molecule has 0 aliphatic carbocycles. The number of rotatable bonds is 7. The van der Waals surface area contributed by atoms with Gasteiger partial charge in [-0.1, -0.05) is 51.1 Å². The Bertz CT molecular complexity index is 1760. The van der Waals surface area contributed by atoms with Gasteiger partial charge in [0, 0.05) is 41.7 Å². The average molecular weight is 570 g/mol. The smallest absolute Gasteiger partial charge is 0.324 e. The van der Waals surface area contributed by atoms with Crippen molar-refractivity contribution in [3.8, 4) is 34.3 Å². The molecule has 5 rings (SSSR count). The Hall–Kier alpha value is -5.12. The Labute approximate surface area is 243 Å². The molecule has 10 heteroatoms. The third-order valence-corrected chi connectivity index (χ3v) is 6.67. The third kappa shape index (κ3) is 5.69. The highest BCUT2D eigenvalue weighted by Gasteiger charge is 2.26. The van der Waals surface area contributed by atoms with Gasteiger partial charge in [-0.15, -0.1) is 0 Å². The molecule has 42 heavy (non-hydrogen) atoms. The highest BCUT2D eigenvalue weighted by atomic mass is 19.1. The molecule has 0 spiro atoms. The molecule has 0 aliphatic rings. The quantitative estimate of drug-likeness (QED) is 0.210. The van der Waals surface area contributed by atoms with Crippen LogP contribution in [0, 0.1) is 5.82 Å². The molecule has 3 aromatic carbocycles. The van der Waals surface area contributed by atoms with Crippen LogP contribution in [-0.4, -0.2) is 34.8 Å². The van der Waals surface area contributed by atoms with Gasteiger partial charge in [0.15, 0.2) is 11.5 Å². The predicted molar refractivity (Wildman–Crippen MR) is 161 cm³/mol. The SMILES string of the molecule is COc1cc2nccc(Oc3ccc(NC(=O)Nc4c(-c5ccccc5)nc(C(C)(C)C)n4C)c(F)c3)c2cc1OC. The Morgan fingerprint density at radius 2 is 1.62 bits per heavy atom. The van der Waals surface area contributed by atoms with Gasteiger partial charge in [0.05, 0.1) is 25.4 Å². The van der Waals surface area contributed by atoms with Crippen LogP contribution in [0.25, 0.3) is 22.2 Å². The molecule has 2 amide bonds. The lowest BCUT2D eigenvalue weighted by Gasteiger charge is -2.18. The number of benzene rings is 3. The minimum Gasteiger partial charge on any atom is -0.493 e. The van der Waals surface area contributed by atoms with Crippen LogP contribution in [0.3, 0.4) is 0 Å². The molecule has 0 radical (unpaired) electrons. The number of aromatic nitrogens is 3. The van der Waals surface area contributed by atoms with E-state index in [1.165, 1.54) is 19.2 Å². The zero-order valence-corrected chi connectivity index (χ0v) is 24.3. The van der Waals surface area contributed by atoms with Gasteiger partial charge in [0.1, 0.15) is 34.7 Å². The summed E-state index contributed by atoms with van der Waals surface area (Å²) < 4.78 is 33.8. The number of pyridine rings is 1. The number of nitrogens with zero attached hydrogens (tertiary/aromatic N) is 3. The number of amides is 2. The maximum atomic E-state index is 15.2. The van der Waals surface area contributed by atoms with E-state index in [0.29, 0.717) is 39.7 Å². The molecular formula is C32H32FN5O4. The van der Waals surface area contributed by atoms with E-state index in [9.17, 15) is 4.79 Å². The molecule has 5 aromatic rings. The summed E-state index contributed by atoms with van der Waals surface area (Å²) in [5, 5.41) is 6.13. The first-order valence-electron chi connectivity index (χ1n) is 13.3. The van der Waals surface area contributed by atoms with Crippen LogP contribution in [0.4, 0.5) is 20.7 Å². The van der Waals surface area contributed by atoms with E-state index in [1.54, 1.807) is 37.6 Å². The molecule has 0 saturated heterocycles. The monoisotopic (exact) mass is 569 g/mol. The minimum absolute atomic E-state index is 0.00897. The van der Waals surface area contributed by atoms with E-state index in [0.717, 1.165) is 11.4 Å². The summed E-state index contributed by atoms with van der Waals surface area (Å²) in [5.74, 6) is 2.38. The summed E-state index contributed by atoms with van der Waals surface area (Å²) in [7, 11) is 4.93. The summed E-state index contributed by atoms with van der Waals surface area (Å²) in [5.41, 5.74) is 1.83. The van der Waals surface area contributed by atoms with E-state index in [2.05, 4.69) is 36.4 Å². The zero-order chi connectivity index (χ0) is 30.0. The maximum absolute atomic E-state index is 15.2. The van der Waals surface area contributed by atoms with Crippen molar-refractivity contribution < 1.29 is 23.4 Å². The number of halogens is 1. The molecule has 0 bridgehead atoms. The highest BCUT2D eigenvalue weighted by Crippen LogP contribution is 2.37. The van der Waals surface area contributed by atoms with Crippen molar-refractivity contribution in [3.05, 3.63) is 84.6 Å². The number of urea groups is 1. The summed E-state index contributed by atoms with van der Waals surface area (Å²) in [6, 6.07) is 18.4. The molecule has 0 unspecified atom stereocenters. The average Bonchev–Trinajstić information content (AvgIpc) is 3.30. The first-order valence-corrected chi connectivity index (χ1v) is 13.3. The van der Waals surface area contributed by atoms with Gasteiger partial charge in [-0.3, -0.25) is 10.3 Å². The van der Waals surface area contributed by atoms with Gasteiger partial charge >= 0.3 is 6.03 Å². The van der Waals surface area contributed by atoms with Crippen molar-refractivity contribution in [2.45, 2.75) is 26.2 Å². The third-order valence-electron chi connectivity index (χ3n) is 6.67. The van der Waals surface area contributed by atoms with Crippen LogP contribution in [0.2, 0.25) is 0 Å². The van der Waals surface area contributed by atoms with E-state index >= 15 is 4.39 Å². The summed E-state index contributed by atoms with van der Waals surface area (Å²) in [6.07, 6.45) is 1.59. The first kappa shape index (κ1) is 28.4. The van der Waals surface area contributed by atoms with Crippen LogP contribution >= 0.6 is 0 Å². The molecular weight excluding hydrogens is 537 g/mol. The minimum atomic E-state index is -0.663. The van der Waals surface area contributed by atoms with Gasteiger partial charge in [-0.25, -0.2) is 14.2 Å². The molecule has 9 nitrogen and oxygen atoms in total. The predicted octanol–water partition coefficient (Wildman–Crippen LogP) is 7.53. The number of ether oxygens (including phenoxy) is 3. The van der Waals surface area contributed by atoms with Crippen molar-refractivity contribution in [1.82, 2.24) is 14.5 Å². The van der Waals surface area contributed by atoms with Crippen LogP contribution in [0.15, 0.2) is 72.9 Å². The van der Waals surface area contributed by atoms with Gasteiger partial charge in [-0.2, -0.15) is 0 Å². The number of hydrogen-bond acceptors (Lipinski definition) is 6. The molecule has 216 valence electrons. The molecule has 2 aromatic heterocycles. The molecule has 2 heterocycles. The number of nitrogens with one attached hydrogen (secondary N) is 2. The Morgan fingerprint density at radius 3 is 2.29 bits per heavy atom. The summed E-state index contributed by atoms with van der Waals surface area (Å²) in [6.45, 7) is 6.15. The first-order chi connectivity index (χ1) is 20.1. The van der Waals surface area contributed by atoms with E-state index in [1.807, 2.05) is 41.9 Å². The van der Waals surface area contributed by atoms with Crippen LogP contribution in [0.5, 0.6) is 23.0 Å². The number of fused-ring (bicyclic) bond motifs is 1. The number of methoxy groups -OCH3 is 2. The Morgan fingerprint density at radius 1 is 0.905 bits per heavy atom. The number of imidazole rings is 1. The molecule has 0 saturated carbocycles. The van der Waals surface area contributed by atoms with E-state index in [4.69, 9.17) is 19.2 Å². The second-order valence-corrected chi connectivity index (χ2v) is 10.7. The molecule has 0 atom stereocenters. The second-order valence-electron chi connectivity index (χ2n) is 10.7. The van der Waals surface area contributed by atoms with Gasteiger partial charge in [0.25, 0.3) is 0 Å². The summed E-state index contributed by atoms with van der Waals surface area (Å²) >= 11 is 0. The van der Waals surface area contributed by atoms with Crippen LogP contribution in [0.1, 0.15) is 26.6 Å². The lowest BCUT2D eigenvalue weighted by molar-refractivity contribution is 0.262. The Kier molecular flexibility index (Phi) is 7.71. The van der Waals surface area contributed by atoms with Crippen molar-refractivity contribution in [2.75, 3.05) is 24.9 Å². The van der Waals surface area contributed by atoms with Gasteiger partial charge < -0.3 is 24.1 Å². The van der Waals surface area contributed by atoms with Crippen LogP contribution in [-0.2, 0) is 12.5 Å². The molecule has 0 fully saturated rings. The maximum Gasteiger partial charge on any atom is 0.324 e. The second kappa shape index (κ2) is 11.4. The fourth-order valence-electron chi connectivity index (χ4n) is 4.69. The molecule has 2 N–H and O–H groups in total. The number of anilines is 2. The lowest BCUT2D eigenvalue weighted by atomic mass is 9.96.